The Morgan fingerprint density at radius 3 is 1.61 bits per heavy atom. The molecule has 7 rings (SSSR count). The van der Waals surface area contributed by atoms with Gasteiger partial charge in [-0.05, 0) is 63.7 Å². The molecule has 170 valence electrons. The Kier molecular flexibility index (Phi) is 4.92. The third-order valence-electron chi connectivity index (χ3n) is 7.21. The van der Waals surface area contributed by atoms with Crippen molar-refractivity contribution in [2.75, 3.05) is 0 Å². The highest BCUT2D eigenvalue weighted by molar-refractivity contribution is 6.09. The van der Waals surface area contributed by atoms with E-state index in [0.717, 1.165) is 6.42 Å². The van der Waals surface area contributed by atoms with E-state index in [1.165, 1.54) is 60.5 Å². The summed E-state index contributed by atoms with van der Waals surface area (Å²) in [5.41, 5.74) is 8.81. The fourth-order valence-electron chi connectivity index (χ4n) is 5.40. The van der Waals surface area contributed by atoms with E-state index >= 15 is 0 Å². The highest BCUT2D eigenvalue weighted by Crippen LogP contribution is 2.32. The third kappa shape index (κ3) is 3.57. The van der Waals surface area contributed by atoms with Crippen LogP contribution in [0.5, 0.6) is 0 Å². The molecule has 36 heavy (non-hydrogen) atoms. The van der Waals surface area contributed by atoms with Crippen molar-refractivity contribution in [1.82, 2.24) is 4.57 Å². The molecule has 0 N–H and O–H groups in total. The topological polar surface area (TPSA) is 4.93 Å². The van der Waals surface area contributed by atoms with Gasteiger partial charge in [0.2, 0.25) is 0 Å². The van der Waals surface area contributed by atoms with Gasteiger partial charge in [-0.15, -0.1) is 0 Å². The van der Waals surface area contributed by atoms with E-state index in [0.29, 0.717) is 0 Å². The minimum absolute atomic E-state index is 0.942. The highest BCUT2D eigenvalue weighted by Gasteiger charge is 2.11. The first-order valence-corrected chi connectivity index (χ1v) is 12.5. The zero-order valence-corrected chi connectivity index (χ0v) is 19.9. The van der Waals surface area contributed by atoms with Crippen molar-refractivity contribution < 1.29 is 0 Å². The summed E-state index contributed by atoms with van der Waals surface area (Å²) < 4.78 is 2.36. The van der Waals surface area contributed by atoms with Crippen LogP contribution in [0.15, 0.2) is 140 Å². The fraction of sp³-hybridized carbons (Fsp3) is 0.0286. The van der Waals surface area contributed by atoms with Crippen molar-refractivity contribution in [3.05, 3.63) is 151 Å². The number of para-hydroxylation sites is 2. The predicted molar refractivity (Wildman–Crippen MR) is 153 cm³/mol. The first-order chi connectivity index (χ1) is 17.8. The lowest BCUT2D eigenvalue weighted by atomic mass is 9.98. The molecule has 0 aliphatic heterocycles. The molecule has 1 nitrogen and oxygen atoms in total. The molecule has 0 aliphatic rings. The van der Waals surface area contributed by atoms with E-state index in [4.69, 9.17) is 0 Å². The summed E-state index contributed by atoms with van der Waals surface area (Å²) in [6.07, 6.45) is 0.942. The van der Waals surface area contributed by atoms with E-state index < -0.39 is 0 Å². The van der Waals surface area contributed by atoms with E-state index in [-0.39, 0.29) is 0 Å². The summed E-state index contributed by atoms with van der Waals surface area (Å²) >= 11 is 0. The Morgan fingerprint density at radius 1 is 0.417 bits per heavy atom. The standard InChI is InChI=1S/C35H25N/c1-2-8-30-24-26(15-18-27(30)7-1)23-25-13-16-28(17-14-25)29-19-21-31(22-20-29)36-34-11-5-3-9-32(34)33-10-4-6-12-35(33)36/h1-22,24H,23H2. The van der Waals surface area contributed by atoms with Crippen molar-refractivity contribution in [2.24, 2.45) is 0 Å². The maximum Gasteiger partial charge on any atom is 0.0541 e. The minimum atomic E-state index is 0.942. The molecule has 0 aliphatic carbocycles. The Morgan fingerprint density at radius 2 is 0.944 bits per heavy atom. The molecule has 0 unspecified atom stereocenters. The molecule has 0 spiro atoms. The number of nitrogens with zero attached hydrogens (tertiary/aromatic N) is 1. The average molecular weight is 460 g/mol. The van der Waals surface area contributed by atoms with Crippen LogP contribution in [0, 0.1) is 0 Å². The van der Waals surface area contributed by atoms with Crippen molar-refractivity contribution in [3.8, 4) is 16.8 Å². The number of hydrogen-bond acceptors (Lipinski definition) is 0. The first-order valence-electron chi connectivity index (χ1n) is 12.5. The average Bonchev–Trinajstić information content (AvgIpc) is 3.28. The Hall–Kier alpha value is -4.62. The van der Waals surface area contributed by atoms with E-state index in [1.54, 1.807) is 0 Å². The number of hydrogen-bond donors (Lipinski definition) is 0. The van der Waals surface area contributed by atoms with Gasteiger partial charge in [0.05, 0.1) is 11.0 Å². The van der Waals surface area contributed by atoms with Crippen LogP contribution in [0.2, 0.25) is 0 Å². The molecule has 0 bridgehead atoms. The molecule has 1 aromatic heterocycles. The molecule has 1 heterocycles. The van der Waals surface area contributed by atoms with Gasteiger partial charge in [-0.25, -0.2) is 0 Å². The molecule has 0 atom stereocenters. The van der Waals surface area contributed by atoms with Gasteiger partial charge in [-0.2, -0.15) is 0 Å². The lowest BCUT2D eigenvalue weighted by molar-refractivity contribution is 1.18. The molecule has 0 radical (unpaired) electrons. The van der Waals surface area contributed by atoms with Crippen LogP contribution >= 0.6 is 0 Å². The largest absolute Gasteiger partial charge is 0.309 e. The van der Waals surface area contributed by atoms with Gasteiger partial charge in [-0.3, -0.25) is 0 Å². The third-order valence-corrected chi connectivity index (χ3v) is 7.21. The molecular formula is C35H25N. The van der Waals surface area contributed by atoms with Gasteiger partial charge >= 0.3 is 0 Å². The number of rotatable bonds is 4. The second-order valence-corrected chi connectivity index (χ2v) is 9.47. The van der Waals surface area contributed by atoms with Crippen LogP contribution < -0.4 is 0 Å². The summed E-state index contributed by atoms with van der Waals surface area (Å²) in [5.74, 6) is 0. The summed E-state index contributed by atoms with van der Waals surface area (Å²) in [7, 11) is 0. The zero-order valence-electron chi connectivity index (χ0n) is 19.9. The van der Waals surface area contributed by atoms with E-state index in [2.05, 4.69) is 144 Å². The summed E-state index contributed by atoms with van der Waals surface area (Å²) in [4.78, 5) is 0. The van der Waals surface area contributed by atoms with Crippen molar-refractivity contribution in [3.63, 3.8) is 0 Å². The minimum Gasteiger partial charge on any atom is -0.309 e. The van der Waals surface area contributed by atoms with E-state index in [1.807, 2.05) is 0 Å². The highest BCUT2D eigenvalue weighted by atomic mass is 15.0. The second kappa shape index (κ2) is 8.55. The maximum absolute atomic E-state index is 2.36. The SMILES string of the molecule is c1ccc2cc(Cc3ccc(-c4ccc(-n5c6ccccc6c6ccccc65)cc4)cc3)ccc2c1. The fourth-order valence-corrected chi connectivity index (χ4v) is 5.40. The van der Waals surface area contributed by atoms with Gasteiger partial charge in [-0.1, -0.05) is 115 Å². The lowest BCUT2D eigenvalue weighted by Crippen LogP contribution is -1.93. The van der Waals surface area contributed by atoms with E-state index in [9.17, 15) is 0 Å². The zero-order chi connectivity index (χ0) is 23.9. The smallest absolute Gasteiger partial charge is 0.0541 e. The number of aromatic nitrogens is 1. The lowest BCUT2D eigenvalue weighted by Gasteiger charge is -2.10. The predicted octanol–water partition coefficient (Wildman–Crippen LogP) is 9.19. The normalized spacial score (nSPS) is 11.4. The Labute approximate surface area is 210 Å². The molecule has 0 saturated heterocycles. The Bertz CT molecular complexity index is 1780. The van der Waals surface area contributed by atoms with Crippen molar-refractivity contribution >= 4 is 32.6 Å². The van der Waals surface area contributed by atoms with Crippen molar-refractivity contribution in [1.29, 1.82) is 0 Å². The molecule has 0 saturated carbocycles. The van der Waals surface area contributed by atoms with Gasteiger partial charge < -0.3 is 4.57 Å². The van der Waals surface area contributed by atoms with Crippen LogP contribution in [-0.2, 0) is 6.42 Å². The van der Waals surface area contributed by atoms with Crippen LogP contribution in [-0.4, -0.2) is 4.57 Å². The molecule has 0 amide bonds. The van der Waals surface area contributed by atoms with Gasteiger partial charge in [0, 0.05) is 16.5 Å². The Balaban J connectivity index is 1.18. The second-order valence-electron chi connectivity index (χ2n) is 9.47. The maximum atomic E-state index is 2.36. The van der Waals surface area contributed by atoms with Crippen molar-refractivity contribution in [2.45, 2.75) is 6.42 Å². The van der Waals surface area contributed by atoms with Crippen LogP contribution in [0.4, 0.5) is 0 Å². The quantitative estimate of drug-likeness (QED) is 0.247. The first kappa shape index (κ1) is 20.7. The van der Waals surface area contributed by atoms with Crippen LogP contribution in [0.1, 0.15) is 11.1 Å². The number of fused-ring (bicyclic) bond motifs is 4. The molecule has 6 aromatic carbocycles. The van der Waals surface area contributed by atoms with Crippen LogP contribution in [0.3, 0.4) is 0 Å². The summed E-state index contributed by atoms with van der Waals surface area (Å²) in [6.45, 7) is 0. The molecule has 0 fully saturated rings. The van der Waals surface area contributed by atoms with Crippen LogP contribution in [0.25, 0.3) is 49.4 Å². The van der Waals surface area contributed by atoms with Gasteiger partial charge in [0.15, 0.2) is 0 Å². The molecule has 7 aromatic rings. The number of benzene rings is 6. The molecular weight excluding hydrogens is 434 g/mol. The monoisotopic (exact) mass is 459 g/mol. The van der Waals surface area contributed by atoms with Gasteiger partial charge in [0.1, 0.15) is 0 Å². The summed E-state index contributed by atoms with van der Waals surface area (Å²) in [6, 6.07) is 50.5. The molecule has 1 heteroatoms. The summed E-state index contributed by atoms with van der Waals surface area (Å²) in [5, 5.41) is 5.18. The van der Waals surface area contributed by atoms with Gasteiger partial charge in [0.25, 0.3) is 0 Å².